The van der Waals surface area contributed by atoms with E-state index in [1.54, 1.807) is 18.2 Å². The first-order valence-corrected chi connectivity index (χ1v) is 13.1. The highest BCUT2D eigenvalue weighted by molar-refractivity contribution is 6.30. The van der Waals surface area contributed by atoms with E-state index in [9.17, 15) is 14.7 Å². The Morgan fingerprint density at radius 3 is 2.22 bits per heavy atom. The molecule has 0 atom stereocenters. The molecule has 0 spiro atoms. The number of aromatic carboxylic acids is 1. The number of benzene rings is 2. The summed E-state index contributed by atoms with van der Waals surface area (Å²) in [5.74, 6) is -1.28. The lowest BCUT2D eigenvalue weighted by atomic mass is 9.88. The summed E-state index contributed by atoms with van der Waals surface area (Å²) in [4.78, 5) is 31.3. The van der Waals surface area contributed by atoms with Gasteiger partial charge >= 0.3 is 12.1 Å². The number of carboxylic acids is 1. The number of fused-ring (bicyclic) bond motifs is 3. The minimum Gasteiger partial charge on any atom is -0.478 e. The molecule has 0 amide bonds. The standard InChI is InChI=1S/C23H20ClNO5.C6H15N/c1-29-23(28)30-21-18(12-13-6-9-15(24)10-7-13)25-20-16-5-3-2-4-14(16)8-11-17(20)19(21)22(26)27;1-4-7(5-2)6-3/h6-11H,2-5,12H2,1H3,(H,26,27);4-6H2,1-3H3. The molecule has 0 radical (unpaired) electrons. The van der Waals surface area contributed by atoms with Crippen LogP contribution in [-0.4, -0.2) is 53.9 Å². The molecule has 0 saturated carbocycles. The van der Waals surface area contributed by atoms with E-state index in [0.717, 1.165) is 36.8 Å². The topological polar surface area (TPSA) is 89.0 Å². The fourth-order valence-corrected chi connectivity index (χ4v) is 4.75. The maximum absolute atomic E-state index is 12.2. The largest absolute Gasteiger partial charge is 0.513 e. The number of nitrogens with zero attached hydrogens (tertiary/aromatic N) is 2. The van der Waals surface area contributed by atoms with Crippen LogP contribution in [-0.2, 0) is 24.0 Å². The Labute approximate surface area is 223 Å². The molecule has 2 aromatic carbocycles. The first kappa shape index (κ1) is 28.4. The van der Waals surface area contributed by atoms with Crippen molar-refractivity contribution in [1.82, 2.24) is 9.88 Å². The van der Waals surface area contributed by atoms with Crippen LogP contribution in [0.4, 0.5) is 4.79 Å². The molecular weight excluding hydrogens is 492 g/mol. The van der Waals surface area contributed by atoms with E-state index < -0.39 is 12.1 Å². The molecule has 0 unspecified atom stereocenters. The first-order valence-electron chi connectivity index (χ1n) is 12.8. The van der Waals surface area contributed by atoms with Gasteiger partial charge in [0.2, 0.25) is 0 Å². The molecule has 198 valence electrons. The van der Waals surface area contributed by atoms with E-state index in [1.165, 1.54) is 32.3 Å². The van der Waals surface area contributed by atoms with E-state index >= 15 is 0 Å². The molecule has 1 aliphatic carbocycles. The van der Waals surface area contributed by atoms with Crippen molar-refractivity contribution < 1.29 is 24.2 Å². The number of carboxylic acid groups (broad SMARTS) is 1. The lowest BCUT2D eigenvalue weighted by Crippen LogP contribution is -2.21. The van der Waals surface area contributed by atoms with E-state index in [4.69, 9.17) is 21.3 Å². The van der Waals surface area contributed by atoms with Crippen molar-refractivity contribution in [3.05, 3.63) is 69.4 Å². The average molecular weight is 527 g/mol. The zero-order valence-corrected chi connectivity index (χ0v) is 22.7. The fraction of sp³-hybridized carbons (Fsp3) is 0.414. The van der Waals surface area contributed by atoms with Gasteiger partial charge in [-0.05, 0) is 74.1 Å². The van der Waals surface area contributed by atoms with Crippen LogP contribution in [0.1, 0.15) is 66.4 Å². The molecule has 37 heavy (non-hydrogen) atoms. The Morgan fingerprint density at radius 2 is 1.65 bits per heavy atom. The highest BCUT2D eigenvalue weighted by atomic mass is 35.5. The zero-order valence-electron chi connectivity index (χ0n) is 22.0. The Kier molecular flexibility index (Phi) is 10.3. The van der Waals surface area contributed by atoms with Crippen molar-refractivity contribution in [2.45, 2.75) is 52.9 Å². The molecule has 0 fully saturated rings. The minimum atomic E-state index is -1.19. The molecule has 0 saturated heterocycles. The second-order valence-corrected chi connectivity index (χ2v) is 9.29. The molecule has 8 heteroatoms. The van der Waals surface area contributed by atoms with Gasteiger partial charge in [-0.15, -0.1) is 0 Å². The van der Waals surface area contributed by atoms with Crippen LogP contribution in [0.2, 0.25) is 5.02 Å². The SMILES string of the molecule is CCN(CC)CC.COC(=O)Oc1c(Cc2ccc(Cl)cc2)nc2c3c(ccc2c1C(=O)O)CCCC3. The summed E-state index contributed by atoms with van der Waals surface area (Å²) in [6.07, 6.45) is 3.21. The minimum absolute atomic E-state index is 0.0808. The van der Waals surface area contributed by atoms with E-state index in [0.29, 0.717) is 21.6 Å². The van der Waals surface area contributed by atoms with Crippen LogP contribution in [0.25, 0.3) is 10.9 Å². The van der Waals surface area contributed by atoms with Crippen LogP contribution in [0.5, 0.6) is 5.75 Å². The Balaban J connectivity index is 0.000000479. The van der Waals surface area contributed by atoms with Gasteiger partial charge in [0.1, 0.15) is 5.56 Å². The number of ether oxygens (including phenoxy) is 2. The molecule has 4 rings (SSSR count). The first-order chi connectivity index (χ1) is 17.8. The maximum atomic E-state index is 12.2. The molecule has 1 heterocycles. The number of hydrogen-bond acceptors (Lipinski definition) is 6. The summed E-state index contributed by atoms with van der Waals surface area (Å²) >= 11 is 5.98. The molecule has 0 aliphatic heterocycles. The Morgan fingerprint density at radius 1 is 1.00 bits per heavy atom. The lowest BCUT2D eigenvalue weighted by Gasteiger charge is -2.20. The van der Waals surface area contributed by atoms with Crippen LogP contribution >= 0.6 is 11.6 Å². The van der Waals surface area contributed by atoms with Gasteiger partial charge in [0.05, 0.1) is 18.3 Å². The quantitative estimate of drug-likeness (QED) is 0.349. The van der Waals surface area contributed by atoms with Crippen LogP contribution < -0.4 is 4.74 Å². The number of carbonyl (C=O) groups is 2. The molecule has 3 aromatic rings. The number of halogens is 1. The smallest absolute Gasteiger partial charge is 0.478 e. The van der Waals surface area contributed by atoms with Crippen molar-refractivity contribution in [2.75, 3.05) is 26.7 Å². The Hall–Kier alpha value is -3.16. The molecule has 1 N–H and O–H groups in total. The zero-order chi connectivity index (χ0) is 26.9. The average Bonchev–Trinajstić information content (AvgIpc) is 2.91. The van der Waals surface area contributed by atoms with Gasteiger partial charge in [0.15, 0.2) is 5.75 Å². The monoisotopic (exact) mass is 526 g/mol. The van der Waals surface area contributed by atoms with Gasteiger partial charge in [0, 0.05) is 16.8 Å². The normalized spacial score (nSPS) is 12.5. The summed E-state index contributed by atoms with van der Waals surface area (Å²) in [6.45, 7) is 10.1. The third-order valence-electron chi connectivity index (χ3n) is 6.70. The number of carbonyl (C=O) groups excluding carboxylic acids is 1. The number of hydrogen-bond donors (Lipinski definition) is 1. The number of aromatic nitrogens is 1. The summed E-state index contributed by atoms with van der Waals surface area (Å²) in [5.41, 5.74) is 4.07. The summed E-state index contributed by atoms with van der Waals surface area (Å²) < 4.78 is 9.92. The summed E-state index contributed by atoms with van der Waals surface area (Å²) in [6, 6.07) is 10.9. The van der Waals surface area contributed by atoms with Gasteiger partial charge in [-0.3, -0.25) is 0 Å². The van der Waals surface area contributed by atoms with Gasteiger partial charge in [-0.1, -0.05) is 56.6 Å². The second kappa shape index (κ2) is 13.4. The van der Waals surface area contributed by atoms with Crippen LogP contribution in [0, 0.1) is 0 Å². The predicted molar refractivity (Wildman–Crippen MR) is 146 cm³/mol. The van der Waals surface area contributed by atoms with Crippen molar-refractivity contribution >= 4 is 34.6 Å². The molecular formula is C29H35ClN2O5. The fourth-order valence-electron chi connectivity index (χ4n) is 4.62. The van der Waals surface area contributed by atoms with Gasteiger partial charge < -0.3 is 19.5 Å². The number of pyridine rings is 1. The third-order valence-corrected chi connectivity index (χ3v) is 6.95. The van der Waals surface area contributed by atoms with Gasteiger partial charge in [0.25, 0.3) is 0 Å². The van der Waals surface area contributed by atoms with E-state index in [1.807, 2.05) is 18.2 Å². The van der Waals surface area contributed by atoms with Crippen molar-refractivity contribution in [1.29, 1.82) is 0 Å². The number of aryl methyl sites for hydroxylation is 2. The molecule has 0 bridgehead atoms. The van der Waals surface area contributed by atoms with Crippen molar-refractivity contribution in [2.24, 2.45) is 0 Å². The van der Waals surface area contributed by atoms with Crippen molar-refractivity contribution in [3.8, 4) is 5.75 Å². The van der Waals surface area contributed by atoms with E-state index in [-0.39, 0.29) is 17.7 Å². The molecule has 7 nitrogen and oxygen atoms in total. The number of rotatable bonds is 7. The number of methoxy groups -OCH3 is 1. The van der Waals surface area contributed by atoms with Crippen LogP contribution in [0.3, 0.4) is 0 Å². The highest BCUT2D eigenvalue weighted by Crippen LogP contribution is 2.36. The highest BCUT2D eigenvalue weighted by Gasteiger charge is 2.26. The summed E-state index contributed by atoms with van der Waals surface area (Å²) in [7, 11) is 1.17. The predicted octanol–water partition coefficient (Wildman–Crippen LogP) is 6.55. The van der Waals surface area contributed by atoms with Gasteiger partial charge in [-0.2, -0.15) is 0 Å². The maximum Gasteiger partial charge on any atom is 0.513 e. The molecule has 1 aliphatic rings. The summed E-state index contributed by atoms with van der Waals surface area (Å²) in [5, 5.41) is 11.1. The second-order valence-electron chi connectivity index (χ2n) is 8.85. The van der Waals surface area contributed by atoms with Crippen molar-refractivity contribution in [3.63, 3.8) is 0 Å². The molecule has 1 aromatic heterocycles. The Bertz CT molecular complexity index is 1230. The van der Waals surface area contributed by atoms with E-state index in [2.05, 4.69) is 30.4 Å². The third kappa shape index (κ3) is 6.99. The lowest BCUT2D eigenvalue weighted by molar-refractivity contribution is 0.0693. The van der Waals surface area contributed by atoms with Crippen LogP contribution in [0.15, 0.2) is 36.4 Å². The van der Waals surface area contributed by atoms with Gasteiger partial charge in [-0.25, -0.2) is 14.6 Å².